The molecule has 8 heteroatoms. The van der Waals surface area contributed by atoms with Crippen LogP contribution in [0.15, 0.2) is 30.5 Å². The zero-order valence-electron chi connectivity index (χ0n) is 26.9. The molecule has 242 valence electrons. The fourth-order valence-electron chi connectivity index (χ4n) is 8.62. The Morgan fingerprint density at radius 3 is 2.11 bits per heavy atom. The topological polar surface area (TPSA) is 80.3 Å². The molecule has 1 aromatic carbocycles. The number of amides is 2. The Hall–Kier alpha value is -2.42. The number of ether oxygens (including phenoxy) is 3. The summed E-state index contributed by atoms with van der Waals surface area (Å²) in [7, 11) is 3.71. The normalized spacial score (nSPS) is 32.9. The van der Waals surface area contributed by atoms with Crippen LogP contribution in [-0.4, -0.2) is 79.3 Å². The van der Waals surface area contributed by atoms with Crippen molar-refractivity contribution < 1.29 is 23.8 Å². The third-order valence-electron chi connectivity index (χ3n) is 11.3. The lowest BCUT2D eigenvalue weighted by Gasteiger charge is -2.44. The van der Waals surface area contributed by atoms with Crippen molar-refractivity contribution in [3.05, 3.63) is 41.6 Å². The summed E-state index contributed by atoms with van der Waals surface area (Å²) in [6, 6.07) is 5.89. The van der Waals surface area contributed by atoms with Gasteiger partial charge in [-0.2, -0.15) is 0 Å². The highest BCUT2D eigenvalue weighted by molar-refractivity contribution is 6.01. The Morgan fingerprint density at radius 1 is 0.864 bits per heavy atom. The summed E-state index contributed by atoms with van der Waals surface area (Å²) in [6.07, 6.45) is 16.6. The number of allylic oxidation sites excluding steroid dienone is 1. The maximum Gasteiger partial charge on any atom is 0.255 e. The number of nitrogens with zero attached hydrogens (tertiary/aromatic N) is 2. The SMILES string of the molecule is C=C1CCC(N2Cc3cc(O[C@H]4CCCC[C@@H]4N(CC4CCC(OC)CC4)CC4CCC(OC)CC4)ccc3C2=O)C(=O)N1. The summed E-state index contributed by atoms with van der Waals surface area (Å²) in [6.45, 7) is 6.63. The van der Waals surface area contributed by atoms with Gasteiger partial charge in [-0.05, 0) is 119 Å². The summed E-state index contributed by atoms with van der Waals surface area (Å²) in [5, 5.41) is 2.83. The number of methoxy groups -OCH3 is 2. The van der Waals surface area contributed by atoms with Crippen LogP contribution in [0.3, 0.4) is 0 Å². The Kier molecular flexibility index (Phi) is 10.3. The van der Waals surface area contributed by atoms with Crippen LogP contribution in [0.2, 0.25) is 0 Å². The molecule has 5 aliphatic rings. The molecule has 2 heterocycles. The van der Waals surface area contributed by atoms with Crippen molar-refractivity contribution in [2.24, 2.45) is 11.8 Å². The van der Waals surface area contributed by atoms with Crippen LogP contribution < -0.4 is 10.1 Å². The van der Waals surface area contributed by atoms with Crippen molar-refractivity contribution in [1.29, 1.82) is 0 Å². The minimum absolute atomic E-state index is 0.0627. The van der Waals surface area contributed by atoms with Gasteiger partial charge in [-0.1, -0.05) is 13.0 Å². The standard InChI is InChI=1S/C36H53N3O5/c1-24-8-19-33(35(40)37-24)39-23-27-20-30(17-18-31(27)36(39)41)44-34-7-5-4-6-32(34)38(21-25-9-13-28(42-2)14-10-25)22-26-11-15-29(43-3)16-12-26/h17-18,20,25-26,28-29,32-34H,1,4-16,19,21-23H2,2-3H3,(H,37,40)/t25?,26?,28?,29?,32-,33?,34-/m0/s1. The molecule has 1 saturated heterocycles. The molecule has 0 radical (unpaired) electrons. The first-order valence-electron chi connectivity index (χ1n) is 17.3. The molecule has 8 nitrogen and oxygen atoms in total. The van der Waals surface area contributed by atoms with Gasteiger partial charge in [0.05, 0.1) is 12.2 Å². The van der Waals surface area contributed by atoms with E-state index < -0.39 is 6.04 Å². The van der Waals surface area contributed by atoms with Gasteiger partial charge in [-0.15, -0.1) is 0 Å². The van der Waals surface area contributed by atoms with Crippen molar-refractivity contribution in [3.8, 4) is 5.75 Å². The highest BCUT2D eigenvalue weighted by Gasteiger charge is 2.39. The van der Waals surface area contributed by atoms with E-state index in [-0.39, 0.29) is 17.9 Å². The lowest BCUT2D eigenvalue weighted by Crippen LogP contribution is -2.51. The molecule has 0 spiro atoms. The number of piperidine rings is 1. The van der Waals surface area contributed by atoms with Crippen LogP contribution in [0.4, 0.5) is 0 Å². The third-order valence-corrected chi connectivity index (χ3v) is 11.3. The monoisotopic (exact) mass is 607 g/mol. The molecule has 3 saturated carbocycles. The molecule has 0 aromatic heterocycles. The number of carbonyl (C=O) groups is 2. The van der Waals surface area contributed by atoms with E-state index in [4.69, 9.17) is 14.2 Å². The van der Waals surface area contributed by atoms with Gasteiger partial charge in [0.25, 0.3) is 5.91 Å². The fraction of sp³-hybridized carbons (Fsp3) is 0.722. The number of rotatable bonds is 10. The quantitative estimate of drug-likeness (QED) is 0.360. The van der Waals surface area contributed by atoms with Crippen LogP contribution >= 0.6 is 0 Å². The molecule has 2 aliphatic heterocycles. The minimum atomic E-state index is -0.445. The summed E-state index contributed by atoms with van der Waals surface area (Å²) in [4.78, 5) is 30.5. The zero-order chi connectivity index (χ0) is 30.6. The molecule has 1 aromatic rings. The molecule has 2 amide bonds. The lowest BCUT2D eigenvalue weighted by atomic mass is 9.83. The van der Waals surface area contributed by atoms with Crippen LogP contribution in [0.25, 0.3) is 0 Å². The number of hydrogen-bond donors (Lipinski definition) is 1. The van der Waals surface area contributed by atoms with E-state index in [1.807, 2.05) is 26.4 Å². The van der Waals surface area contributed by atoms with Crippen molar-refractivity contribution in [2.75, 3.05) is 27.3 Å². The van der Waals surface area contributed by atoms with Gasteiger partial charge in [0, 0.05) is 51.2 Å². The van der Waals surface area contributed by atoms with Gasteiger partial charge in [0.15, 0.2) is 0 Å². The van der Waals surface area contributed by atoms with Crippen LogP contribution in [0, 0.1) is 11.8 Å². The van der Waals surface area contributed by atoms with Crippen LogP contribution in [0.5, 0.6) is 5.75 Å². The molecular formula is C36H53N3O5. The molecule has 0 bridgehead atoms. The molecule has 4 fully saturated rings. The first-order chi connectivity index (χ1) is 21.4. The first kappa shape index (κ1) is 31.6. The number of fused-ring (bicyclic) bond motifs is 1. The highest BCUT2D eigenvalue weighted by Crippen LogP contribution is 2.36. The highest BCUT2D eigenvalue weighted by atomic mass is 16.5. The van der Waals surface area contributed by atoms with Gasteiger partial charge in [0.2, 0.25) is 5.91 Å². The lowest BCUT2D eigenvalue weighted by molar-refractivity contribution is -0.126. The number of hydrogen-bond acceptors (Lipinski definition) is 6. The number of carbonyl (C=O) groups excluding carboxylic acids is 2. The predicted molar refractivity (Wildman–Crippen MR) is 170 cm³/mol. The van der Waals surface area contributed by atoms with Gasteiger partial charge < -0.3 is 24.4 Å². The van der Waals surface area contributed by atoms with Gasteiger partial charge in [-0.25, -0.2) is 0 Å². The summed E-state index contributed by atoms with van der Waals surface area (Å²) in [5.41, 5.74) is 2.38. The minimum Gasteiger partial charge on any atom is -0.489 e. The fourth-order valence-corrected chi connectivity index (χ4v) is 8.62. The Morgan fingerprint density at radius 2 is 1.50 bits per heavy atom. The van der Waals surface area contributed by atoms with Gasteiger partial charge >= 0.3 is 0 Å². The maximum atomic E-state index is 13.3. The number of benzene rings is 1. The maximum absolute atomic E-state index is 13.3. The Labute approximate surface area is 263 Å². The second-order valence-corrected chi connectivity index (χ2v) is 14.1. The van der Waals surface area contributed by atoms with Crippen molar-refractivity contribution in [1.82, 2.24) is 15.1 Å². The van der Waals surface area contributed by atoms with E-state index in [2.05, 4.69) is 22.9 Å². The molecule has 44 heavy (non-hydrogen) atoms. The van der Waals surface area contributed by atoms with Crippen LogP contribution in [0.1, 0.15) is 106 Å². The number of nitrogens with one attached hydrogen (secondary N) is 1. The largest absolute Gasteiger partial charge is 0.489 e. The zero-order valence-corrected chi connectivity index (χ0v) is 26.9. The van der Waals surface area contributed by atoms with E-state index in [9.17, 15) is 9.59 Å². The van der Waals surface area contributed by atoms with Crippen molar-refractivity contribution in [3.63, 3.8) is 0 Å². The van der Waals surface area contributed by atoms with E-state index in [1.165, 1.54) is 70.6 Å². The Balaban J connectivity index is 1.15. The van der Waals surface area contributed by atoms with Crippen molar-refractivity contribution in [2.45, 2.75) is 127 Å². The molecule has 3 atom stereocenters. The first-order valence-corrected chi connectivity index (χ1v) is 17.3. The van der Waals surface area contributed by atoms with Crippen molar-refractivity contribution >= 4 is 11.8 Å². The smallest absolute Gasteiger partial charge is 0.255 e. The average molecular weight is 608 g/mol. The molecular weight excluding hydrogens is 554 g/mol. The van der Waals surface area contributed by atoms with Crippen LogP contribution in [-0.2, 0) is 20.8 Å². The molecule has 3 aliphatic carbocycles. The predicted octanol–water partition coefficient (Wildman–Crippen LogP) is 5.84. The summed E-state index contributed by atoms with van der Waals surface area (Å²) in [5.74, 6) is 2.08. The van der Waals surface area contributed by atoms with Gasteiger partial charge in [-0.3, -0.25) is 14.5 Å². The van der Waals surface area contributed by atoms with E-state index >= 15 is 0 Å². The van der Waals surface area contributed by atoms with Gasteiger partial charge in [0.1, 0.15) is 17.9 Å². The third kappa shape index (κ3) is 7.18. The molecule has 1 N–H and O–H groups in total. The van der Waals surface area contributed by atoms with E-state index in [0.29, 0.717) is 55.0 Å². The molecule has 6 rings (SSSR count). The summed E-state index contributed by atoms with van der Waals surface area (Å²) >= 11 is 0. The Bertz CT molecular complexity index is 1150. The second-order valence-electron chi connectivity index (χ2n) is 14.1. The average Bonchev–Trinajstić information content (AvgIpc) is 3.36. The molecule has 1 unspecified atom stereocenters. The van der Waals surface area contributed by atoms with E-state index in [0.717, 1.165) is 36.5 Å². The van der Waals surface area contributed by atoms with E-state index in [1.54, 1.807) is 4.90 Å². The summed E-state index contributed by atoms with van der Waals surface area (Å²) < 4.78 is 18.2. The second kappa shape index (κ2) is 14.3.